The molecule has 0 radical (unpaired) electrons. The highest BCUT2D eigenvalue weighted by atomic mass is 19.1. The minimum Gasteiger partial charge on any atom is -0.360 e. The highest BCUT2D eigenvalue weighted by molar-refractivity contribution is 5.93. The van der Waals surface area contributed by atoms with Gasteiger partial charge in [-0.1, -0.05) is 54.1 Å². The average molecular weight is 406 g/mol. The van der Waals surface area contributed by atoms with Gasteiger partial charge in [-0.3, -0.25) is 9.59 Å². The second-order valence-electron chi connectivity index (χ2n) is 8.42. The monoisotopic (exact) mass is 406 g/mol. The molecule has 2 aromatic carbocycles. The molecule has 5 nitrogen and oxygen atoms in total. The van der Waals surface area contributed by atoms with Gasteiger partial charge in [0.2, 0.25) is 11.8 Å². The standard InChI is InChI=1S/C24H23FN2O3/c1-15-2-4-17(5-3-15)13-27-14-24-11-10-19(30-24)20(21(24)23(27)29)22(28)26-12-16-6-8-18(25)9-7-16/h2-11,19-21H,12-14H2,1H3,(H,26,28)/t19-,20-,21-,24-/m0/s1. The molecule has 4 atom stereocenters. The summed E-state index contributed by atoms with van der Waals surface area (Å²) in [6, 6.07) is 14.1. The highest BCUT2D eigenvalue weighted by Gasteiger charge is 2.66. The number of amides is 2. The maximum Gasteiger partial charge on any atom is 0.230 e. The molecule has 2 bridgehead atoms. The van der Waals surface area contributed by atoms with E-state index in [2.05, 4.69) is 5.32 Å². The Kier molecular flexibility index (Phi) is 4.47. The number of hydrogen-bond donors (Lipinski definition) is 1. The Labute approximate surface area is 174 Å². The lowest BCUT2D eigenvalue weighted by Crippen LogP contribution is -2.43. The van der Waals surface area contributed by atoms with E-state index in [-0.39, 0.29) is 30.3 Å². The van der Waals surface area contributed by atoms with Gasteiger partial charge in [0.15, 0.2) is 0 Å². The van der Waals surface area contributed by atoms with Gasteiger partial charge in [0, 0.05) is 13.1 Å². The lowest BCUT2D eigenvalue weighted by molar-refractivity contribution is -0.137. The van der Waals surface area contributed by atoms with E-state index >= 15 is 0 Å². The minimum absolute atomic E-state index is 0.0376. The summed E-state index contributed by atoms with van der Waals surface area (Å²) < 4.78 is 19.2. The number of rotatable bonds is 5. The van der Waals surface area contributed by atoms with E-state index in [1.807, 2.05) is 43.3 Å². The van der Waals surface area contributed by atoms with Crippen molar-refractivity contribution in [3.8, 4) is 0 Å². The fourth-order valence-electron chi connectivity index (χ4n) is 4.83. The largest absolute Gasteiger partial charge is 0.360 e. The van der Waals surface area contributed by atoms with Gasteiger partial charge in [-0.2, -0.15) is 0 Å². The summed E-state index contributed by atoms with van der Waals surface area (Å²) >= 11 is 0. The first kappa shape index (κ1) is 19.0. The van der Waals surface area contributed by atoms with Crippen molar-refractivity contribution in [2.24, 2.45) is 11.8 Å². The van der Waals surface area contributed by atoms with Crippen LogP contribution in [0, 0.1) is 24.6 Å². The van der Waals surface area contributed by atoms with Crippen LogP contribution in [0.15, 0.2) is 60.7 Å². The van der Waals surface area contributed by atoms with Crippen molar-refractivity contribution in [1.82, 2.24) is 10.2 Å². The molecule has 30 heavy (non-hydrogen) atoms. The molecule has 1 spiro atoms. The second kappa shape index (κ2) is 7.06. The fraction of sp³-hybridized carbons (Fsp3) is 0.333. The molecule has 3 heterocycles. The minimum atomic E-state index is -0.718. The Balaban J connectivity index is 1.31. The van der Waals surface area contributed by atoms with Crippen LogP contribution in [0.1, 0.15) is 16.7 Å². The summed E-state index contributed by atoms with van der Waals surface area (Å²) in [4.78, 5) is 28.0. The molecule has 0 aliphatic carbocycles. The summed E-state index contributed by atoms with van der Waals surface area (Å²) in [5.74, 6) is -1.61. The Morgan fingerprint density at radius 1 is 1.17 bits per heavy atom. The van der Waals surface area contributed by atoms with Gasteiger partial charge in [0.05, 0.1) is 24.5 Å². The predicted octanol–water partition coefficient (Wildman–Crippen LogP) is 2.73. The SMILES string of the molecule is Cc1ccc(CN2C[C@]34C=C[C@H](O3)[C@H](C(=O)NCc3ccc(F)cc3)[C@H]4C2=O)cc1. The third-order valence-corrected chi connectivity index (χ3v) is 6.36. The van der Waals surface area contributed by atoms with E-state index in [9.17, 15) is 14.0 Å². The predicted molar refractivity (Wildman–Crippen MR) is 109 cm³/mol. The smallest absolute Gasteiger partial charge is 0.230 e. The first-order valence-corrected chi connectivity index (χ1v) is 10.2. The van der Waals surface area contributed by atoms with Gasteiger partial charge < -0.3 is 15.0 Å². The molecule has 2 fully saturated rings. The van der Waals surface area contributed by atoms with Gasteiger partial charge in [0.1, 0.15) is 11.4 Å². The van der Waals surface area contributed by atoms with E-state index in [4.69, 9.17) is 4.74 Å². The number of carbonyl (C=O) groups is 2. The zero-order valence-electron chi connectivity index (χ0n) is 16.7. The van der Waals surface area contributed by atoms with Gasteiger partial charge >= 0.3 is 0 Å². The van der Waals surface area contributed by atoms with E-state index in [1.165, 1.54) is 17.7 Å². The Morgan fingerprint density at radius 3 is 2.60 bits per heavy atom. The number of aryl methyl sites for hydroxylation is 1. The van der Waals surface area contributed by atoms with Crippen molar-refractivity contribution in [3.05, 3.63) is 83.2 Å². The number of nitrogens with one attached hydrogen (secondary N) is 1. The molecule has 154 valence electrons. The molecule has 2 aromatic rings. The lowest BCUT2D eigenvalue weighted by atomic mass is 9.77. The van der Waals surface area contributed by atoms with Gasteiger partial charge in [-0.25, -0.2) is 4.39 Å². The van der Waals surface area contributed by atoms with Crippen LogP contribution in [0.4, 0.5) is 4.39 Å². The van der Waals surface area contributed by atoms with Crippen molar-refractivity contribution < 1.29 is 18.7 Å². The molecule has 2 amide bonds. The Bertz CT molecular complexity index is 1020. The number of fused-ring (bicyclic) bond motifs is 1. The summed E-state index contributed by atoms with van der Waals surface area (Å²) in [5.41, 5.74) is 2.31. The maximum absolute atomic E-state index is 13.3. The number of likely N-dealkylation sites (tertiary alicyclic amines) is 1. The molecule has 3 aliphatic heterocycles. The molecule has 0 aromatic heterocycles. The third-order valence-electron chi connectivity index (χ3n) is 6.36. The maximum atomic E-state index is 13.3. The van der Waals surface area contributed by atoms with Gasteiger partial charge in [-0.15, -0.1) is 0 Å². The Morgan fingerprint density at radius 2 is 1.87 bits per heavy atom. The van der Waals surface area contributed by atoms with Crippen LogP contribution in [0.25, 0.3) is 0 Å². The molecule has 0 saturated carbocycles. The first-order chi connectivity index (χ1) is 14.4. The molecule has 3 aliphatic rings. The average Bonchev–Trinajstić information content (AvgIpc) is 3.37. The topological polar surface area (TPSA) is 58.6 Å². The summed E-state index contributed by atoms with van der Waals surface area (Å²) in [6.45, 7) is 3.27. The van der Waals surface area contributed by atoms with Crippen LogP contribution < -0.4 is 5.32 Å². The molecular formula is C24H23FN2O3. The van der Waals surface area contributed by atoms with E-state index in [0.29, 0.717) is 13.1 Å². The summed E-state index contributed by atoms with van der Waals surface area (Å²) in [7, 11) is 0. The molecule has 2 saturated heterocycles. The molecule has 0 unspecified atom stereocenters. The van der Waals surface area contributed by atoms with E-state index in [1.54, 1.807) is 17.0 Å². The number of ether oxygens (including phenoxy) is 1. The van der Waals surface area contributed by atoms with E-state index < -0.39 is 17.4 Å². The number of nitrogens with zero attached hydrogens (tertiary/aromatic N) is 1. The van der Waals surface area contributed by atoms with Crippen molar-refractivity contribution in [2.45, 2.75) is 31.7 Å². The highest BCUT2D eigenvalue weighted by Crippen LogP contribution is 2.52. The van der Waals surface area contributed by atoms with Crippen molar-refractivity contribution in [1.29, 1.82) is 0 Å². The molecule has 6 heteroatoms. The lowest BCUT2D eigenvalue weighted by Gasteiger charge is -2.23. The normalized spacial score (nSPS) is 28.8. The summed E-state index contributed by atoms with van der Waals surface area (Å²) in [5, 5.41) is 2.90. The molecule has 5 rings (SSSR count). The summed E-state index contributed by atoms with van der Waals surface area (Å²) in [6.07, 6.45) is 3.48. The van der Waals surface area contributed by atoms with Crippen LogP contribution in [0.5, 0.6) is 0 Å². The van der Waals surface area contributed by atoms with Crippen LogP contribution in [0.2, 0.25) is 0 Å². The van der Waals surface area contributed by atoms with Crippen LogP contribution in [-0.2, 0) is 27.4 Å². The number of benzene rings is 2. The third kappa shape index (κ3) is 3.12. The van der Waals surface area contributed by atoms with E-state index in [0.717, 1.165) is 11.1 Å². The quantitative estimate of drug-likeness (QED) is 0.777. The fourth-order valence-corrected chi connectivity index (χ4v) is 4.83. The zero-order valence-corrected chi connectivity index (χ0v) is 16.7. The second-order valence-corrected chi connectivity index (χ2v) is 8.42. The number of carbonyl (C=O) groups excluding carboxylic acids is 2. The van der Waals surface area contributed by atoms with Crippen molar-refractivity contribution >= 4 is 11.8 Å². The Hall–Kier alpha value is -2.99. The first-order valence-electron chi connectivity index (χ1n) is 10.2. The number of hydrogen-bond acceptors (Lipinski definition) is 3. The van der Waals surface area contributed by atoms with Gasteiger partial charge in [0.25, 0.3) is 0 Å². The zero-order chi connectivity index (χ0) is 20.9. The van der Waals surface area contributed by atoms with Crippen molar-refractivity contribution in [2.75, 3.05) is 6.54 Å². The molecular weight excluding hydrogens is 383 g/mol. The van der Waals surface area contributed by atoms with Crippen LogP contribution >= 0.6 is 0 Å². The van der Waals surface area contributed by atoms with Gasteiger partial charge in [-0.05, 0) is 30.2 Å². The van der Waals surface area contributed by atoms with Crippen LogP contribution in [-0.4, -0.2) is 35.0 Å². The molecule has 1 N–H and O–H groups in total. The number of halogens is 1. The van der Waals surface area contributed by atoms with Crippen molar-refractivity contribution in [3.63, 3.8) is 0 Å². The van der Waals surface area contributed by atoms with Crippen LogP contribution in [0.3, 0.4) is 0 Å².